The molecule has 3 rings (SSSR count). The normalized spacial score (nSPS) is 12.3. The molecule has 0 saturated heterocycles. The van der Waals surface area contributed by atoms with E-state index in [2.05, 4.69) is 23.9 Å². The van der Waals surface area contributed by atoms with E-state index in [1.165, 1.54) is 12.1 Å². The van der Waals surface area contributed by atoms with Crippen molar-refractivity contribution in [1.29, 1.82) is 0 Å². The van der Waals surface area contributed by atoms with Crippen molar-refractivity contribution in [2.75, 3.05) is 10.0 Å². The van der Waals surface area contributed by atoms with Crippen LogP contribution in [0.4, 0.5) is 11.4 Å². The van der Waals surface area contributed by atoms with Gasteiger partial charge in [0.2, 0.25) is 0 Å². The molecule has 2 N–H and O–H groups in total. The first-order valence-electron chi connectivity index (χ1n) is 10.8. The molecular weight excluding hydrogens is 436 g/mol. The van der Waals surface area contributed by atoms with Crippen LogP contribution >= 0.6 is 0 Å². The maximum atomic E-state index is 12.7. The van der Waals surface area contributed by atoms with E-state index in [1.807, 2.05) is 44.2 Å². The van der Waals surface area contributed by atoms with Crippen molar-refractivity contribution in [2.24, 2.45) is 0 Å². The fraction of sp³-hybridized carbons (Fsp3) is 0.269. The topological polar surface area (TPSA) is 84.5 Å². The summed E-state index contributed by atoms with van der Waals surface area (Å²) in [6.45, 7) is 9.71. The van der Waals surface area contributed by atoms with Crippen LogP contribution in [0, 0.1) is 13.8 Å². The molecular formula is C26H30N2O4S. The molecule has 0 saturated carbocycles. The van der Waals surface area contributed by atoms with E-state index >= 15 is 0 Å². The highest BCUT2D eigenvalue weighted by Crippen LogP contribution is 2.27. The number of carbonyl (C=O) groups is 1. The van der Waals surface area contributed by atoms with E-state index in [9.17, 15) is 13.2 Å². The zero-order valence-electron chi connectivity index (χ0n) is 19.5. The van der Waals surface area contributed by atoms with E-state index in [-0.39, 0.29) is 16.7 Å². The summed E-state index contributed by atoms with van der Waals surface area (Å²) in [7, 11) is -3.75. The van der Waals surface area contributed by atoms with Gasteiger partial charge in [-0.1, -0.05) is 38.1 Å². The summed E-state index contributed by atoms with van der Waals surface area (Å²) in [6.07, 6.45) is -0.722. The number of amides is 1. The lowest BCUT2D eigenvalue weighted by atomic mass is 10.0. The lowest BCUT2D eigenvalue weighted by Crippen LogP contribution is -2.30. The Morgan fingerprint density at radius 1 is 0.848 bits per heavy atom. The molecule has 1 amide bonds. The lowest BCUT2D eigenvalue weighted by Gasteiger charge is -2.18. The average Bonchev–Trinajstić information content (AvgIpc) is 2.76. The Morgan fingerprint density at radius 2 is 1.48 bits per heavy atom. The number of nitrogens with one attached hydrogen (secondary N) is 2. The standard InChI is InChI=1S/C26H30N2O4S/c1-17(2)24-8-6-7-9-25(24)32-20(5)26(29)27-21-12-14-23(15-13-21)33(30,31)28-22-11-10-18(3)19(4)16-22/h6-17,20,28H,1-5H3,(H,27,29). The third-order valence-electron chi connectivity index (χ3n) is 5.41. The SMILES string of the molecule is Cc1ccc(NS(=O)(=O)c2ccc(NC(=O)C(C)Oc3ccccc3C(C)C)cc2)cc1C. The van der Waals surface area contributed by atoms with E-state index < -0.39 is 16.1 Å². The van der Waals surface area contributed by atoms with Crippen molar-refractivity contribution in [2.45, 2.75) is 51.5 Å². The predicted molar refractivity (Wildman–Crippen MR) is 132 cm³/mol. The zero-order valence-corrected chi connectivity index (χ0v) is 20.4. The Hall–Kier alpha value is -3.32. The van der Waals surface area contributed by atoms with Crippen LogP contribution in [-0.2, 0) is 14.8 Å². The minimum Gasteiger partial charge on any atom is -0.481 e. The molecule has 174 valence electrons. The van der Waals surface area contributed by atoms with Gasteiger partial charge in [0.25, 0.3) is 15.9 Å². The minimum absolute atomic E-state index is 0.105. The fourth-order valence-corrected chi connectivity index (χ4v) is 4.34. The van der Waals surface area contributed by atoms with Gasteiger partial charge in [-0.15, -0.1) is 0 Å². The highest BCUT2D eigenvalue weighted by atomic mass is 32.2. The van der Waals surface area contributed by atoms with Crippen molar-refractivity contribution in [3.8, 4) is 5.75 Å². The molecule has 7 heteroatoms. The summed E-state index contributed by atoms with van der Waals surface area (Å²) < 4.78 is 33.9. The number of sulfonamides is 1. The van der Waals surface area contributed by atoms with Crippen LogP contribution in [0.2, 0.25) is 0 Å². The monoisotopic (exact) mass is 466 g/mol. The number of hydrogen-bond acceptors (Lipinski definition) is 4. The summed E-state index contributed by atoms with van der Waals surface area (Å²) in [5, 5.41) is 2.77. The maximum absolute atomic E-state index is 12.7. The summed E-state index contributed by atoms with van der Waals surface area (Å²) in [6, 6.07) is 19.1. The van der Waals surface area contributed by atoms with Gasteiger partial charge in [0.05, 0.1) is 4.90 Å². The Morgan fingerprint density at radius 3 is 2.12 bits per heavy atom. The Bertz CT molecular complexity index is 1240. The van der Waals surface area contributed by atoms with Gasteiger partial charge in [0, 0.05) is 11.4 Å². The molecule has 0 heterocycles. The van der Waals surface area contributed by atoms with Crippen LogP contribution in [-0.4, -0.2) is 20.4 Å². The van der Waals surface area contributed by atoms with Gasteiger partial charge in [0.1, 0.15) is 5.75 Å². The molecule has 0 bridgehead atoms. The molecule has 0 spiro atoms. The molecule has 0 radical (unpaired) electrons. The maximum Gasteiger partial charge on any atom is 0.265 e. The third kappa shape index (κ3) is 6.14. The molecule has 3 aromatic carbocycles. The zero-order chi connectivity index (χ0) is 24.2. The second-order valence-electron chi connectivity index (χ2n) is 8.37. The predicted octanol–water partition coefficient (Wildman–Crippen LogP) is 5.63. The largest absolute Gasteiger partial charge is 0.481 e. The number of hydrogen-bond donors (Lipinski definition) is 2. The lowest BCUT2D eigenvalue weighted by molar-refractivity contribution is -0.122. The number of para-hydroxylation sites is 1. The molecule has 6 nitrogen and oxygen atoms in total. The molecule has 33 heavy (non-hydrogen) atoms. The van der Waals surface area contributed by atoms with Crippen LogP contribution in [0.25, 0.3) is 0 Å². The summed E-state index contributed by atoms with van der Waals surface area (Å²) in [5.41, 5.74) is 4.10. The summed E-state index contributed by atoms with van der Waals surface area (Å²) in [4.78, 5) is 12.7. The first-order chi connectivity index (χ1) is 15.6. The van der Waals surface area contributed by atoms with E-state index in [4.69, 9.17) is 4.74 Å². The van der Waals surface area contributed by atoms with Crippen LogP contribution in [0.1, 0.15) is 43.4 Å². The highest BCUT2D eigenvalue weighted by Gasteiger charge is 2.19. The molecule has 0 fully saturated rings. The van der Waals surface area contributed by atoms with Gasteiger partial charge in [-0.05, 0) is 85.8 Å². The Balaban J connectivity index is 1.66. The number of rotatable bonds is 8. The fourth-order valence-electron chi connectivity index (χ4n) is 3.29. The molecule has 0 aliphatic heterocycles. The number of anilines is 2. The molecule has 0 aromatic heterocycles. The molecule has 0 aliphatic rings. The third-order valence-corrected chi connectivity index (χ3v) is 6.80. The van der Waals surface area contributed by atoms with E-state index in [0.717, 1.165) is 16.7 Å². The molecule has 0 aliphatic carbocycles. The number of ether oxygens (including phenoxy) is 1. The average molecular weight is 467 g/mol. The van der Waals surface area contributed by atoms with Crippen LogP contribution in [0.15, 0.2) is 71.6 Å². The van der Waals surface area contributed by atoms with Crippen molar-refractivity contribution < 1.29 is 17.9 Å². The second-order valence-corrected chi connectivity index (χ2v) is 10.1. The van der Waals surface area contributed by atoms with Crippen LogP contribution in [0.5, 0.6) is 5.75 Å². The van der Waals surface area contributed by atoms with Crippen LogP contribution < -0.4 is 14.8 Å². The van der Waals surface area contributed by atoms with E-state index in [1.54, 1.807) is 31.2 Å². The van der Waals surface area contributed by atoms with Crippen molar-refractivity contribution >= 4 is 27.3 Å². The summed E-state index contributed by atoms with van der Waals surface area (Å²) in [5.74, 6) is 0.620. The van der Waals surface area contributed by atoms with Crippen LogP contribution in [0.3, 0.4) is 0 Å². The first-order valence-corrected chi connectivity index (χ1v) is 12.3. The molecule has 1 atom stereocenters. The van der Waals surface area contributed by atoms with Gasteiger partial charge in [-0.25, -0.2) is 8.42 Å². The molecule has 1 unspecified atom stereocenters. The Labute approximate surface area is 196 Å². The number of carbonyl (C=O) groups excluding carboxylic acids is 1. The first kappa shape index (κ1) is 24.3. The smallest absolute Gasteiger partial charge is 0.265 e. The quantitative estimate of drug-likeness (QED) is 0.450. The van der Waals surface area contributed by atoms with Gasteiger partial charge < -0.3 is 10.1 Å². The number of benzene rings is 3. The van der Waals surface area contributed by atoms with Gasteiger partial charge in [-0.2, -0.15) is 0 Å². The summed E-state index contributed by atoms with van der Waals surface area (Å²) >= 11 is 0. The second kappa shape index (κ2) is 10.1. The van der Waals surface area contributed by atoms with Crippen molar-refractivity contribution in [1.82, 2.24) is 0 Å². The number of aryl methyl sites for hydroxylation is 2. The van der Waals surface area contributed by atoms with Gasteiger partial charge in [0.15, 0.2) is 6.10 Å². The van der Waals surface area contributed by atoms with Crippen molar-refractivity contribution in [3.05, 3.63) is 83.4 Å². The minimum atomic E-state index is -3.75. The van der Waals surface area contributed by atoms with Gasteiger partial charge in [-0.3, -0.25) is 9.52 Å². The van der Waals surface area contributed by atoms with E-state index in [0.29, 0.717) is 17.1 Å². The van der Waals surface area contributed by atoms with Crippen molar-refractivity contribution in [3.63, 3.8) is 0 Å². The van der Waals surface area contributed by atoms with Gasteiger partial charge >= 0.3 is 0 Å². The highest BCUT2D eigenvalue weighted by molar-refractivity contribution is 7.92. The molecule has 3 aromatic rings. The Kier molecular flexibility index (Phi) is 7.43.